The van der Waals surface area contributed by atoms with E-state index in [1.807, 2.05) is 24.3 Å². The molecule has 0 heterocycles. The third kappa shape index (κ3) is 5.42. The fraction of sp³-hybridized carbons (Fsp3) is 0.455. The van der Waals surface area contributed by atoms with Gasteiger partial charge in [-0.05, 0) is 31.3 Å². The molecule has 0 saturated carbocycles. The summed E-state index contributed by atoms with van der Waals surface area (Å²) in [6, 6.07) is 7.41. The molecule has 0 unspecified atom stereocenters. The van der Waals surface area contributed by atoms with Gasteiger partial charge in [0, 0.05) is 11.0 Å². The molecule has 0 amide bonds. The molecule has 0 aliphatic rings. The molecule has 0 bridgehead atoms. The summed E-state index contributed by atoms with van der Waals surface area (Å²) < 4.78 is 30.4. The maximum absolute atomic E-state index is 12.0. The summed E-state index contributed by atoms with van der Waals surface area (Å²) >= 11 is 3.32. The average molecular weight is 294 g/mol. The SMILES string of the molecule is CN(CCOc1ccc(Br)cc1)CC(F)F. The largest absolute Gasteiger partial charge is 0.492 e. The van der Waals surface area contributed by atoms with Crippen molar-refractivity contribution >= 4 is 15.9 Å². The molecule has 0 N–H and O–H groups in total. The molecule has 90 valence electrons. The van der Waals surface area contributed by atoms with Crippen LogP contribution in [0.1, 0.15) is 0 Å². The van der Waals surface area contributed by atoms with E-state index in [2.05, 4.69) is 15.9 Å². The highest BCUT2D eigenvalue weighted by molar-refractivity contribution is 9.10. The van der Waals surface area contributed by atoms with Crippen LogP contribution in [-0.2, 0) is 0 Å². The second-order valence-corrected chi connectivity index (χ2v) is 4.37. The van der Waals surface area contributed by atoms with Crippen LogP contribution in [0.4, 0.5) is 8.78 Å². The highest BCUT2D eigenvalue weighted by Gasteiger charge is 2.07. The zero-order valence-electron chi connectivity index (χ0n) is 9.00. The first-order valence-electron chi connectivity index (χ1n) is 4.93. The van der Waals surface area contributed by atoms with Crippen molar-refractivity contribution in [1.29, 1.82) is 0 Å². The Morgan fingerprint density at radius 2 is 1.94 bits per heavy atom. The molecule has 0 radical (unpaired) electrons. The zero-order chi connectivity index (χ0) is 12.0. The summed E-state index contributed by atoms with van der Waals surface area (Å²) in [5, 5.41) is 0. The molecule has 1 aromatic rings. The summed E-state index contributed by atoms with van der Waals surface area (Å²) in [7, 11) is 1.65. The summed E-state index contributed by atoms with van der Waals surface area (Å²) in [5.74, 6) is 0.744. The lowest BCUT2D eigenvalue weighted by molar-refractivity contribution is 0.0935. The number of benzene rings is 1. The Balaban J connectivity index is 2.22. The van der Waals surface area contributed by atoms with Crippen molar-refractivity contribution in [2.75, 3.05) is 26.7 Å². The van der Waals surface area contributed by atoms with Gasteiger partial charge < -0.3 is 4.74 Å². The van der Waals surface area contributed by atoms with Crippen molar-refractivity contribution in [2.45, 2.75) is 6.43 Å². The van der Waals surface area contributed by atoms with Crippen molar-refractivity contribution in [3.8, 4) is 5.75 Å². The fourth-order valence-corrected chi connectivity index (χ4v) is 1.44. The maximum Gasteiger partial charge on any atom is 0.251 e. The van der Waals surface area contributed by atoms with Crippen LogP contribution in [-0.4, -0.2) is 38.1 Å². The molecule has 0 atom stereocenters. The molecule has 0 spiro atoms. The Morgan fingerprint density at radius 3 is 2.50 bits per heavy atom. The second-order valence-electron chi connectivity index (χ2n) is 3.46. The van der Waals surface area contributed by atoms with Crippen molar-refractivity contribution < 1.29 is 13.5 Å². The first-order chi connectivity index (χ1) is 7.58. The number of alkyl halides is 2. The van der Waals surface area contributed by atoms with E-state index in [0.717, 1.165) is 10.2 Å². The van der Waals surface area contributed by atoms with Gasteiger partial charge in [0.1, 0.15) is 12.4 Å². The molecule has 1 rings (SSSR count). The van der Waals surface area contributed by atoms with Crippen LogP contribution in [0, 0.1) is 0 Å². The van der Waals surface area contributed by atoms with Crippen LogP contribution < -0.4 is 4.74 Å². The normalized spacial score (nSPS) is 11.1. The van der Waals surface area contributed by atoms with Crippen molar-refractivity contribution in [1.82, 2.24) is 4.90 Å². The van der Waals surface area contributed by atoms with E-state index in [1.54, 1.807) is 11.9 Å². The molecule has 5 heteroatoms. The third-order valence-corrected chi connectivity index (χ3v) is 2.53. The van der Waals surface area contributed by atoms with E-state index in [4.69, 9.17) is 4.74 Å². The van der Waals surface area contributed by atoms with Gasteiger partial charge in [0.15, 0.2) is 0 Å². The first-order valence-corrected chi connectivity index (χ1v) is 5.72. The lowest BCUT2D eigenvalue weighted by Crippen LogP contribution is -2.28. The summed E-state index contributed by atoms with van der Waals surface area (Å²) in [5.41, 5.74) is 0. The first kappa shape index (κ1) is 13.4. The van der Waals surface area contributed by atoms with E-state index >= 15 is 0 Å². The minimum absolute atomic E-state index is 0.219. The quantitative estimate of drug-likeness (QED) is 0.799. The number of hydrogen-bond donors (Lipinski definition) is 0. The maximum atomic E-state index is 12.0. The number of likely N-dealkylation sites (N-methyl/N-ethyl adjacent to an activating group) is 1. The van der Waals surface area contributed by atoms with Gasteiger partial charge in [-0.1, -0.05) is 15.9 Å². The Kier molecular flexibility index (Phi) is 5.69. The lowest BCUT2D eigenvalue weighted by Gasteiger charge is -2.16. The molecular formula is C11H14BrF2NO. The van der Waals surface area contributed by atoms with E-state index in [-0.39, 0.29) is 6.54 Å². The smallest absolute Gasteiger partial charge is 0.251 e. The van der Waals surface area contributed by atoms with E-state index in [0.29, 0.717) is 13.2 Å². The fourth-order valence-electron chi connectivity index (χ4n) is 1.18. The number of ether oxygens (including phenoxy) is 1. The number of rotatable bonds is 6. The van der Waals surface area contributed by atoms with Crippen LogP contribution in [0.15, 0.2) is 28.7 Å². The molecular weight excluding hydrogens is 280 g/mol. The topological polar surface area (TPSA) is 12.5 Å². The number of nitrogens with zero attached hydrogens (tertiary/aromatic N) is 1. The molecule has 0 aromatic heterocycles. The van der Waals surface area contributed by atoms with Crippen LogP contribution in [0.2, 0.25) is 0 Å². The third-order valence-electron chi connectivity index (χ3n) is 2.01. The van der Waals surface area contributed by atoms with Gasteiger partial charge in [-0.25, -0.2) is 8.78 Å². The van der Waals surface area contributed by atoms with Crippen molar-refractivity contribution in [3.05, 3.63) is 28.7 Å². The summed E-state index contributed by atoms with van der Waals surface area (Å²) in [6.07, 6.45) is -2.29. The Hall–Kier alpha value is -0.680. The van der Waals surface area contributed by atoms with E-state index < -0.39 is 6.43 Å². The molecule has 1 aromatic carbocycles. The summed E-state index contributed by atoms with van der Waals surface area (Å²) in [6.45, 7) is 0.676. The molecule has 0 fully saturated rings. The van der Waals surface area contributed by atoms with Crippen LogP contribution in [0.5, 0.6) is 5.75 Å². The average Bonchev–Trinajstić information content (AvgIpc) is 2.20. The predicted molar refractivity (Wildman–Crippen MR) is 63.1 cm³/mol. The van der Waals surface area contributed by atoms with Gasteiger partial charge in [-0.15, -0.1) is 0 Å². The highest BCUT2D eigenvalue weighted by Crippen LogP contribution is 2.15. The Bertz CT molecular complexity index is 305. The van der Waals surface area contributed by atoms with Crippen LogP contribution in [0.3, 0.4) is 0 Å². The van der Waals surface area contributed by atoms with Crippen molar-refractivity contribution in [2.24, 2.45) is 0 Å². The zero-order valence-corrected chi connectivity index (χ0v) is 10.6. The summed E-state index contributed by atoms with van der Waals surface area (Å²) in [4.78, 5) is 1.55. The lowest BCUT2D eigenvalue weighted by atomic mass is 10.3. The monoisotopic (exact) mass is 293 g/mol. The van der Waals surface area contributed by atoms with E-state index in [9.17, 15) is 8.78 Å². The molecule has 16 heavy (non-hydrogen) atoms. The van der Waals surface area contributed by atoms with Gasteiger partial charge in [-0.2, -0.15) is 0 Å². The minimum atomic E-state index is -2.29. The highest BCUT2D eigenvalue weighted by atomic mass is 79.9. The van der Waals surface area contributed by atoms with Gasteiger partial charge in [0.25, 0.3) is 6.43 Å². The molecule has 2 nitrogen and oxygen atoms in total. The van der Waals surface area contributed by atoms with Gasteiger partial charge in [0.05, 0.1) is 6.54 Å². The molecule has 0 aliphatic heterocycles. The standard InChI is InChI=1S/C11H14BrF2NO/c1-15(8-11(13)14)6-7-16-10-4-2-9(12)3-5-10/h2-5,11H,6-8H2,1H3. The van der Waals surface area contributed by atoms with Gasteiger partial charge in [-0.3, -0.25) is 4.90 Å². The van der Waals surface area contributed by atoms with Crippen LogP contribution in [0.25, 0.3) is 0 Å². The number of halogens is 3. The van der Waals surface area contributed by atoms with Gasteiger partial charge >= 0.3 is 0 Å². The number of hydrogen-bond acceptors (Lipinski definition) is 2. The Morgan fingerprint density at radius 1 is 1.31 bits per heavy atom. The molecule has 0 aliphatic carbocycles. The van der Waals surface area contributed by atoms with Crippen LogP contribution >= 0.6 is 15.9 Å². The molecule has 0 saturated heterocycles. The second kappa shape index (κ2) is 6.81. The predicted octanol–water partition coefficient (Wildman–Crippen LogP) is 3.02. The Labute approximate surface area is 102 Å². The van der Waals surface area contributed by atoms with E-state index in [1.165, 1.54) is 0 Å². The van der Waals surface area contributed by atoms with Gasteiger partial charge in [0.2, 0.25) is 0 Å². The minimum Gasteiger partial charge on any atom is -0.492 e. The van der Waals surface area contributed by atoms with Crippen molar-refractivity contribution in [3.63, 3.8) is 0 Å².